The van der Waals surface area contributed by atoms with E-state index in [0.29, 0.717) is 12.8 Å². The van der Waals surface area contributed by atoms with Crippen LogP contribution in [0.1, 0.15) is 79.1 Å². The fraction of sp³-hybridized carbons (Fsp3) is 0.968. The highest BCUT2D eigenvalue weighted by Crippen LogP contribution is 2.43. The Morgan fingerprint density at radius 2 is 1.38 bits per heavy atom. The van der Waals surface area contributed by atoms with E-state index in [1.807, 2.05) is 0 Å². The summed E-state index contributed by atoms with van der Waals surface area (Å²) in [5, 5.41) is 87.7. The first kappa shape index (κ1) is 40.3. The van der Waals surface area contributed by atoms with E-state index in [9.17, 15) is 45.6 Å². The lowest BCUT2D eigenvalue weighted by atomic mass is 9.79. The normalized spacial score (nSPS) is 42.7. The Hall–Kier alpha value is -1.09. The molecule has 1 amide bonds. The van der Waals surface area contributed by atoms with Crippen LogP contribution >= 0.6 is 0 Å². The molecule has 0 unspecified atom stereocenters. The summed E-state index contributed by atoms with van der Waals surface area (Å²) in [6.07, 6.45) is -13.3. The predicted molar refractivity (Wildman–Crippen MR) is 162 cm³/mol. The van der Waals surface area contributed by atoms with Crippen LogP contribution in [0.25, 0.3) is 0 Å². The number of rotatable bonds is 17. The standard InChI is InChI=1S/C31H57NO15/c1-5-7-8-9-10-11-13-42-30-27(46-29-25(40)24(39)21(36)16(3)43-29)31(12-6-2,26(41)19(15-34)45-30)47-28-20(32-17(4)35)23(38)22(37)18(14-33)44-28/h16,18-30,33-34,36-41H,5-15H2,1-4H3,(H,32,35)/t16-,18+,19+,20+,21+,22-,23+,24+,25-,26-,27-,28+,29-,30+,31-/m0/s1. The van der Waals surface area contributed by atoms with E-state index in [2.05, 4.69) is 12.2 Å². The molecule has 0 aliphatic carbocycles. The molecule has 3 saturated heterocycles. The maximum Gasteiger partial charge on any atom is 0.217 e. The molecule has 15 atom stereocenters. The van der Waals surface area contributed by atoms with E-state index in [0.717, 1.165) is 32.1 Å². The number of carbonyl (C=O) groups excluding carboxylic acids is 1. The Morgan fingerprint density at radius 3 is 2.00 bits per heavy atom. The molecule has 0 aromatic rings. The van der Waals surface area contributed by atoms with E-state index < -0.39 is 111 Å². The monoisotopic (exact) mass is 683 g/mol. The van der Waals surface area contributed by atoms with Gasteiger partial charge in [0.25, 0.3) is 0 Å². The number of carbonyl (C=O) groups is 1. The second-order valence-corrected chi connectivity index (χ2v) is 12.8. The lowest BCUT2D eigenvalue weighted by Crippen LogP contribution is -2.74. The highest BCUT2D eigenvalue weighted by Gasteiger charge is 2.62. The lowest BCUT2D eigenvalue weighted by Gasteiger charge is -2.55. The number of aliphatic hydroxyl groups is 8. The van der Waals surface area contributed by atoms with Gasteiger partial charge in [-0.05, 0) is 19.8 Å². The molecule has 276 valence electrons. The second-order valence-electron chi connectivity index (χ2n) is 12.8. The molecule has 3 aliphatic rings. The minimum atomic E-state index is -1.93. The third-order valence-corrected chi connectivity index (χ3v) is 9.17. The van der Waals surface area contributed by atoms with Gasteiger partial charge >= 0.3 is 0 Å². The van der Waals surface area contributed by atoms with E-state index >= 15 is 0 Å². The van der Waals surface area contributed by atoms with Gasteiger partial charge in [-0.2, -0.15) is 0 Å². The van der Waals surface area contributed by atoms with Crippen LogP contribution in [0.4, 0.5) is 0 Å². The van der Waals surface area contributed by atoms with Crippen molar-refractivity contribution in [3.63, 3.8) is 0 Å². The quantitative estimate of drug-likeness (QED) is 0.0764. The molecule has 47 heavy (non-hydrogen) atoms. The van der Waals surface area contributed by atoms with Gasteiger partial charge < -0.3 is 74.6 Å². The first-order valence-electron chi connectivity index (χ1n) is 16.8. The molecule has 16 nitrogen and oxygen atoms in total. The van der Waals surface area contributed by atoms with Gasteiger partial charge in [0.2, 0.25) is 5.91 Å². The van der Waals surface area contributed by atoms with Crippen molar-refractivity contribution in [1.82, 2.24) is 5.32 Å². The zero-order valence-corrected chi connectivity index (χ0v) is 27.8. The first-order chi connectivity index (χ1) is 22.4. The molecular weight excluding hydrogens is 626 g/mol. The fourth-order valence-electron chi connectivity index (χ4n) is 6.50. The molecule has 0 saturated carbocycles. The van der Waals surface area contributed by atoms with Crippen molar-refractivity contribution in [2.24, 2.45) is 0 Å². The van der Waals surface area contributed by atoms with E-state index in [4.69, 9.17) is 28.4 Å². The molecule has 3 rings (SSSR count). The maximum absolute atomic E-state index is 12.2. The smallest absolute Gasteiger partial charge is 0.217 e. The number of nitrogens with one attached hydrogen (secondary N) is 1. The van der Waals surface area contributed by atoms with Crippen LogP contribution in [0, 0.1) is 0 Å². The van der Waals surface area contributed by atoms with Gasteiger partial charge in [0.1, 0.15) is 66.6 Å². The molecule has 9 N–H and O–H groups in total. The number of amides is 1. The highest BCUT2D eigenvalue weighted by molar-refractivity contribution is 5.73. The lowest BCUT2D eigenvalue weighted by molar-refractivity contribution is -0.413. The summed E-state index contributed by atoms with van der Waals surface area (Å²) in [7, 11) is 0. The van der Waals surface area contributed by atoms with Crippen LogP contribution in [0.5, 0.6) is 0 Å². The summed E-state index contributed by atoms with van der Waals surface area (Å²) >= 11 is 0. The average molecular weight is 684 g/mol. The third kappa shape index (κ3) is 9.58. The highest BCUT2D eigenvalue weighted by atomic mass is 16.8. The van der Waals surface area contributed by atoms with Gasteiger partial charge in [-0.3, -0.25) is 4.79 Å². The molecule has 0 bridgehead atoms. The second kappa shape index (κ2) is 18.8. The van der Waals surface area contributed by atoms with Crippen LogP contribution in [0.2, 0.25) is 0 Å². The summed E-state index contributed by atoms with van der Waals surface area (Å²) in [6, 6.07) is -1.39. The van der Waals surface area contributed by atoms with Gasteiger partial charge in [-0.15, -0.1) is 0 Å². The summed E-state index contributed by atoms with van der Waals surface area (Å²) in [5.74, 6) is -0.598. The molecule has 16 heteroatoms. The summed E-state index contributed by atoms with van der Waals surface area (Å²) in [5.41, 5.74) is -1.93. The predicted octanol–water partition coefficient (Wildman–Crippen LogP) is -1.85. The molecule has 0 spiro atoms. The van der Waals surface area contributed by atoms with Crippen molar-refractivity contribution in [3.05, 3.63) is 0 Å². The number of ether oxygens (including phenoxy) is 6. The third-order valence-electron chi connectivity index (χ3n) is 9.17. The topological polar surface area (TPSA) is 246 Å². The van der Waals surface area contributed by atoms with Crippen LogP contribution in [-0.4, -0.2) is 158 Å². The van der Waals surface area contributed by atoms with Crippen molar-refractivity contribution in [2.45, 2.75) is 171 Å². The Balaban J connectivity index is 2.04. The van der Waals surface area contributed by atoms with Crippen molar-refractivity contribution < 1.29 is 74.1 Å². The first-order valence-corrected chi connectivity index (χ1v) is 16.8. The van der Waals surface area contributed by atoms with Gasteiger partial charge in [0, 0.05) is 13.5 Å². The molecule has 0 aromatic heterocycles. The minimum absolute atomic E-state index is 0.0196. The zero-order chi connectivity index (χ0) is 34.9. The molecule has 0 radical (unpaired) electrons. The molecule has 3 fully saturated rings. The van der Waals surface area contributed by atoms with Crippen molar-refractivity contribution >= 4 is 5.91 Å². The molecular formula is C31H57NO15. The SMILES string of the molecule is CCCCCCCCO[C@@H]1O[C@H](CO)[C@H](O)[C@](CCC)(O[C@H]2O[C@H](CO)[C@H](O)[C@H](O)[C@H]2NC(C)=O)[C@H]1O[C@@H]1O[C@@H](C)[C@@H](O)[C@@H](O)[C@@H]1O. The molecule has 3 heterocycles. The number of unbranched alkanes of at least 4 members (excludes halogenated alkanes) is 5. The fourth-order valence-corrected chi connectivity index (χ4v) is 6.50. The minimum Gasteiger partial charge on any atom is -0.394 e. The maximum atomic E-state index is 12.2. The van der Waals surface area contributed by atoms with Crippen molar-refractivity contribution in [3.8, 4) is 0 Å². The van der Waals surface area contributed by atoms with Gasteiger partial charge in [-0.1, -0.05) is 52.4 Å². The summed E-state index contributed by atoms with van der Waals surface area (Å²) in [4.78, 5) is 12.2. The summed E-state index contributed by atoms with van der Waals surface area (Å²) < 4.78 is 36.5. The van der Waals surface area contributed by atoms with E-state index in [1.54, 1.807) is 6.92 Å². The molecule has 3 aliphatic heterocycles. The van der Waals surface area contributed by atoms with Crippen LogP contribution in [-0.2, 0) is 33.2 Å². The Morgan fingerprint density at radius 1 is 0.745 bits per heavy atom. The van der Waals surface area contributed by atoms with Crippen molar-refractivity contribution in [2.75, 3.05) is 19.8 Å². The van der Waals surface area contributed by atoms with Gasteiger partial charge in [0.15, 0.2) is 18.9 Å². The Labute approximate surface area is 275 Å². The van der Waals surface area contributed by atoms with E-state index in [1.165, 1.54) is 13.8 Å². The van der Waals surface area contributed by atoms with Gasteiger partial charge in [-0.25, -0.2) is 0 Å². The average Bonchev–Trinajstić information content (AvgIpc) is 3.04. The largest absolute Gasteiger partial charge is 0.394 e. The number of aliphatic hydroxyl groups excluding tert-OH is 8. The van der Waals surface area contributed by atoms with E-state index in [-0.39, 0.29) is 13.0 Å². The number of hydrogen-bond acceptors (Lipinski definition) is 15. The Bertz CT molecular complexity index is 933. The van der Waals surface area contributed by atoms with Crippen molar-refractivity contribution in [1.29, 1.82) is 0 Å². The summed E-state index contributed by atoms with van der Waals surface area (Å²) in [6.45, 7) is 5.35. The van der Waals surface area contributed by atoms with Crippen LogP contribution < -0.4 is 5.32 Å². The Kier molecular flexibility index (Phi) is 16.1. The molecule has 0 aromatic carbocycles. The van der Waals surface area contributed by atoms with Gasteiger partial charge in [0.05, 0.1) is 19.3 Å². The zero-order valence-electron chi connectivity index (χ0n) is 27.8. The van der Waals surface area contributed by atoms with Crippen LogP contribution in [0.3, 0.4) is 0 Å². The number of hydrogen-bond donors (Lipinski definition) is 9. The van der Waals surface area contributed by atoms with Crippen LogP contribution in [0.15, 0.2) is 0 Å².